The van der Waals surface area contributed by atoms with Gasteiger partial charge in [-0.05, 0) is 56.3 Å². The fraction of sp³-hybridized carbons (Fsp3) is 0.647. The van der Waals surface area contributed by atoms with Crippen molar-refractivity contribution in [2.75, 3.05) is 12.3 Å². The Bertz CT molecular complexity index is 580. The normalized spacial score (nSPS) is 22.9. The van der Waals surface area contributed by atoms with Gasteiger partial charge < -0.3 is 5.32 Å². The zero-order valence-electron chi connectivity index (χ0n) is 13.4. The second-order valence-electron chi connectivity index (χ2n) is 6.18. The highest BCUT2D eigenvalue weighted by molar-refractivity contribution is 7.92. The fourth-order valence-corrected chi connectivity index (χ4v) is 5.18. The van der Waals surface area contributed by atoms with E-state index in [0.717, 1.165) is 37.8 Å². The Hall–Kier alpha value is -0.870. The van der Waals surface area contributed by atoms with Crippen LogP contribution in [-0.2, 0) is 9.84 Å². The maximum absolute atomic E-state index is 12.5. The average Bonchev–Trinajstić information content (AvgIpc) is 2.44. The number of aryl methyl sites for hydroxylation is 2. The van der Waals surface area contributed by atoms with E-state index in [1.165, 1.54) is 11.1 Å². The molecule has 2 rings (SSSR count). The van der Waals surface area contributed by atoms with Gasteiger partial charge in [0.2, 0.25) is 0 Å². The summed E-state index contributed by atoms with van der Waals surface area (Å²) in [6.07, 6.45) is 3.61. The molecule has 0 spiro atoms. The van der Waals surface area contributed by atoms with Crippen molar-refractivity contribution in [2.45, 2.75) is 57.7 Å². The molecule has 1 heterocycles. The third-order valence-corrected chi connectivity index (χ3v) is 6.79. The molecule has 2 atom stereocenters. The first-order valence-corrected chi connectivity index (χ1v) is 9.69. The van der Waals surface area contributed by atoms with Gasteiger partial charge in [0.25, 0.3) is 0 Å². The summed E-state index contributed by atoms with van der Waals surface area (Å²) in [7, 11) is -2.99. The van der Waals surface area contributed by atoms with E-state index in [1.807, 2.05) is 0 Å². The second kappa shape index (κ2) is 6.93. The lowest BCUT2D eigenvalue weighted by Gasteiger charge is -2.31. The summed E-state index contributed by atoms with van der Waals surface area (Å²) in [5, 5.41) is 3.20. The molecule has 0 saturated carbocycles. The number of sulfone groups is 1. The van der Waals surface area contributed by atoms with Gasteiger partial charge in [-0.3, -0.25) is 0 Å². The smallest absolute Gasteiger partial charge is 0.155 e. The first kappa shape index (κ1) is 16.5. The van der Waals surface area contributed by atoms with E-state index in [9.17, 15) is 8.42 Å². The zero-order valence-corrected chi connectivity index (χ0v) is 14.2. The van der Waals surface area contributed by atoms with Crippen LogP contribution in [-0.4, -0.2) is 26.0 Å². The molecule has 0 radical (unpaired) electrons. The first-order chi connectivity index (χ1) is 9.95. The van der Waals surface area contributed by atoms with Gasteiger partial charge in [0.15, 0.2) is 9.84 Å². The summed E-state index contributed by atoms with van der Waals surface area (Å²) in [6.45, 7) is 7.14. The highest BCUT2D eigenvalue weighted by atomic mass is 32.2. The standard InChI is InChI=1S/C17H27NO2S/c1-4-10-18-17(15-9-8-13(2)14(3)12-15)16-7-5-6-11-21(16,19)20/h8-9,12,16-18H,4-7,10-11H2,1-3H3. The summed E-state index contributed by atoms with van der Waals surface area (Å²) in [4.78, 5) is 0. The minimum absolute atomic E-state index is 0.0745. The van der Waals surface area contributed by atoms with E-state index in [0.29, 0.717) is 5.75 Å². The molecule has 1 aromatic carbocycles. The third kappa shape index (κ3) is 3.86. The van der Waals surface area contributed by atoms with Crippen molar-refractivity contribution in [3.05, 3.63) is 34.9 Å². The summed E-state index contributed by atoms with van der Waals surface area (Å²) in [6, 6.07) is 6.25. The van der Waals surface area contributed by atoms with Crippen LogP contribution in [0.15, 0.2) is 18.2 Å². The van der Waals surface area contributed by atoms with Gasteiger partial charge in [0, 0.05) is 6.04 Å². The summed E-state index contributed by atoms with van der Waals surface area (Å²) in [5.41, 5.74) is 3.59. The highest BCUT2D eigenvalue weighted by Crippen LogP contribution is 2.31. The zero-order chi connectivity index (χ0) is 15.5. The van der Waals surface area contributed by atoms with Gasteiger partial charge in [0.1, 0.15) is 0 Å². The molecule has 3 nitrogen and oxygen atoms in total. The maximum Gasteiger partial charge on any atom is 0.155 e. The Morgan fingerprint density at radius 2 is 2.00 bits per heavy atom. The molecular formula is C17H27NO2S. The molecule has 21 heavy (non-hydrogen) atoms. The molecule has 1 fully saturated rings. The molecule has 1 aromatic rings. The van der Waals surface area contributed by atoms with E-state index >= 15 is 0 Å². The molecule has 4 heteroatoms. The molecule has 1 saturated heterocycles. The summed E-state index contributed by atoms with van der Waals surface area (Å²) < 4.78 is 24.9. The Morgan fingerprint density at radius 3 is 2.62 bits per heavy atom. The van der Waals surface area contributed by atoms with Crippen LogP contribution in [0.4, 0.5) is 0 Å². The van der Waals surface area contributed by atoms with Crippen molar-refractivity contribution in [2.24, 2.45) is 0 Å². The highest BCUT2D eigenvalue weighted by Gasteiger charge is 2.36. The Morgan fingerprint density at radius 1 is 1.24 bits per heavy atom. The lowest BCUT2D eigenvalue weighted by molar-refractivity contribution is 0.446. The number of hydrogen-bond acceptors (Lipinski definition) is 3. The fourth-order valence-electron chi connectivity index (χ4n) is 3.08. The Labute approximate surface area is 129 Å². The predicted molar refractivity (Wildman–Crippen MR) is 88.4 cm³/mol. The van der Waals surface area contributed by atoms with Gasteiger partial charge in [-0.1, -0.05) is 31.5 Å². The first-order valence-electron chi connectivity index (χ1n) is 7.98. The van der Waals surface area contributed by atoms with E-state index < -0.39 is 9.84 Å². The van der Waals surface area contributed by atoms with E-state index in [-0.39, 0.29) is 11.3 Å². The lowest BCUT2D eigenvalue weighted by Crippen LogP contribution is -2.41. The predicted octanol–water partition coefficient (Wildman–Crippen LogP) is 3.31. The Kier molecular flexibility index (Phi) is 5.44. The molecule has 1 aliphatic rings. The van der Waals surface area contributed by atoms with Crippen LogP contribution in [0.25, 0.3) is 0 Å². The molecule has 0 aromatic heterocycles. The topological polar surface area (TPSA) is 46.2 Å². The van der Waals surface area contributed by atoms with Crippen molar-refractivity contribution in [3.63, 3.8) is 0 Å². The van der Waals surface area contributed by atoms with Crippen LogP contribution in [0.5, 0.6) is 0 Å². The van der Waals surface area contributed by atoms with Crippen molar-refractivity contribution >= 4 is 9.84 Å². The van der Waals surface area contributed by atoms with Crippen LogP contribution >= 0.6 is 0 Å². The number of benzene rings is 1. The molecule has 118 valence electrons. The van der Waals surface area contributed by atoms with Crippen LogP contribution < -0.4 is 5.32 Å². The third-order valence-electron chi connectivity index (χ3n) is 4.50. The minimum Gasteiger partial charge on any atom is -0.309 e. The largest absolute Gasteiger partial charge is 0.309 e. The SMILES string of the molecule is CCCNC(c1ccc(C)c(C)c1)C1CCCCS1(=O)=O. The van der Waals surface area contributed by atoms with Crippen LogP contribution in [0.2, 0.25) is 0 Å². The Balaban J connectivity index is 2.35. The number of nitrogens with one attached hydrogen (secondary N) is 1. The average molecular weight is 309 g/mol. The van der Waals surface area contributed by atoms with Gasteiger partial charge in [-0.25, -0.2) is 8.42 Å². The van der Waals surface area contributed by atoms with Crippen molar-refractivity contribution in [1.82, 2.24) is 5.32 Å². The monoisotopic (exact) mass is 309 g/mol. The van der Waals surface area contributed by atoms with Crippen molar-refractivity contribution in [1.29, 1.82) is 0 Å². The van der Waals surface area contributed by atoms with E-state index in [4.69, 9.17) is 0 Å². The summed E-state index contributed by atoms with van der Waals surface area (Å²) in [5.74, 6) is 0.340. The van der Waals surface area contributed by atoms with Gasteiger partial charge in [0.05, 0.1) is 11.0 Å². The maximum atomic E-state index is 12.5. The molecule has 2 unspecified atom stereocenters. The van der Waals surface area contributed by atoms with Crippen LogP contribution in [0.1, 0.15) is 55.3 Å². The van der Waals surface area contributed by atoms with Gasteiger partial charge >= 0.3 is 0 Å². The molecular weight excluding hydrogens is 282 g/mol. The van der Waals surface area contributed by atoms with Crippen molar-refractivity contribution < 1.29 is 8.42 Å². The second-order valence-corrected chi connectivity index (χ2v) is 8.52. The van der Waals surface area contributed by atoms with Gasteiger partial charge in [-0.15, -0.1) is 0 Å². The quantitative estimate of drug-likeness (QED) is 0.907. The van der Waals surface area contributed by atoms with Gasteiger partial charge in [-0.2, -0.15) is 0 Å². The molecule has 1 aliphatic heterocycles. The number of hydrogen-bond donors (Lipinski definition) is 1. The van der Waals surface area contributed by atoms with E-state index in [2.05, 4.69) is 44.3 Å². The lowest BCUT2D eigenvalue weighted by atomic mass is 9.96. The molecule has 1 N–H and O–H groups in total. The van der Waals surface area contributed by atoms with Crippen LogP contribution in [0.3, 0.4) is 0 Å². The van der Waals surface area contributed by atoms with E-state index in [1.54, 1.807) is 0 Å². The molecule has 0 bridgehead atoms. The number of rotatable bonds is 5. The molecule has 0 aliphatic carbocycles. The molecule has 0 amide bonds. The van der Waals surface area contributed by atoms with Crippen LogP contribution in [0, 0.1) is 13.8 Å². The van der Waals surface area contributed by atoms with Crippen molar-refractivity contribution in [3.8, 4) is 0 Å². The minimum atomic E-state index is -2.99. The summed E-state index contributed by atoms with van der Waals surface area (Å²) >= 11 is 0.